The Morgan fingerprint density at radius 1 is 0.957 bits per heavy atom. The number of carbonyl (C=O) groups is 2. The Kier molecular flexibility index (Phi) is 6.17. The van der Waals surface area contributed by atoms with E-state index in [0.29, 0.717) is 6.54 Å². The predicted octanol–water partition coefficient (Wildman–Crippen LogP) is 2.10. The first-order chi connectivity index (χ1) is 11.2. The van der Waals surface area contributed by atoms with E-state index in [-0.39, 0.29) is 18.9 Å². The molecule has 0 spiro atoms. The zero-order chi connectivity index (χ0) is 16.5. The first kappa shape index (κ1) is 16.5. The number of methoxy groups -OCH3 is 1. The molecule has 0 aliphatic heterocycles. The van der Waals surface area contributed by atoms with Crippen LogP contribution in [-0.2, 0) is 27.3 Å². The average molecular weight is 313 g/mol. The van der Waals surface area contributed by atoms with Crippen LogP contribution >= 0.6 is 0 Å². The van der Waals surface area contributed by atoms with Crippen LogP contribution in [0.4, 0.5) is 0 Å². The second-order valence-electron chi connectivity index (χ2n) is 4.95. The van der Waals surface area contributed by atoms with Gasteiger partial charge < -0.3 is 14.8 Å². The highest BCUT2D eigenvalue weighted by Gasteiger charge is 2.08. The average Bonchev–Trinajstić information content (AvgIpc) is 2.59. The maximum absolute atomic E-state index is 11.7. The van der Waals surface area contributed by atoms with Crippen molar-refractivity contribution >= 4 is 11.9 Å². The van der Waals surface area contributed by atoms with Crippen molar-refractivity contribution in [3.63, 3.8) is 0 Å². The Hall–Kier alpha value is -2.82. The summed E-state index contributed by atoms with van der Waals surface area (Å²) in [5, 5.41) is 2.70. The lowest BCUT2D eigenvalue weighted by atomic mass is 10.2. The lowest BCUT2D eigenvalue weighted by molar-refractivity contribution is -0.147. The molecule has 23 heavy (non-hydrogen) atoms. The maximum atomic E-state index is 11.7. The van der Waals surface area contributed by atoms with E-state index in [0.717, 1.165) is 16.9 Å². The third-order valence-corrected chi connectivity index (χ3v) is 3.20. The molecular weight excluding hydrogens is 294 g/mol. The molecule has 5 nitrogen and oxygen atoms in total. The van der Waals surface area contributed by atoms with Gasteiger partial charge in [-0.05, 0) is 23.3 Å². The third-order valence-electron chi connectivity index (χ3n) is 3.20. The molecule has 0 atom stereocenters. The summed E-state index contributed by atoms with van der Waals surface area (Å²) in [7, 11) is 1.60. The molecule has 0 aliphatic rings. The van der Waals surface area contributed by atoms with Crippen LogP contribution in [0.5, 0.6) is 5.75 Å². The summed E-state index contributed by atoms with van der Waals surface area (Å²) in [6, 6.07) is 16.6. The SMILES string of the molecule is COc1ccc(CNC(=O)COC(=O)Cc2ccccc2)cc1. The van der Waals surface area contributed by atoms with Gasteiger partial charge in [-0.25, -0.2) is 0 Å². The Labute approximate surface area is 135 Å². The largest absolute Gasteiger partial charge is 0.497 e. The number of ether oxygens (including phenoxy) is 2. The lowest BCUT2D eigenvalue weighted by Gasteiger charge is -2.07. The van der Waals surface area contributed by atoms with E-state index in [2.05, 4.69) is 5.32 Å². The molecule has 1 amide bonds. The van der Waals surface area contributed by atoms with Crippen LogP contribution in [0.3, 0.4) is 0 Å². The number of amides is 1. The lowest BCUT2D eigenvalue weighted by Crippen LogP contribution is -2.28. The van der Waals surface area contributed by atoms with Crippen molar-refractivity contribution in [1.82, 2.24) is 5.32 Å². The molecule has 2 rings (SSSR count). The van der Waals surface area contributed by atoms with E-state index in [4.69, 9.17) is 9.47 Å². The molecule has 0 bridgehead atoms. The van der Waals surface area contributed by atoms with Gasteiger partial charge in [0.1, 0.15) is 5.75 Å². The maximum Gasteiger partial charge on any atom is 0.310 e. The first-order valence-corrected chi connectivity index (χ1v) is 7.26. The van der Waals surface area contributed by atoms with Gasteiger partial charge >= 0.3 is 5.97 Å². The second-order valence-corrected chi connectivity index (χ2v) is 4.95. The minimum atomic E-state index is -0.421. The van der Waals surface area contributed by atoms with Gasteiger partial charge in [0.25, 0.3) is 5.91 Å². The third kappa shape index (κ3) is 5.82. The molecule has 0 aromatic heterocycles. The summed E-state index contributed by atoms with van der Waals surface area (Å²) in [4.78, 5) is 23.3. The molecule has 2 aromatic rings. The normalized spacial score (nSPS) is 9.96. The van der Waals surface area contributed by atoms with Gasteiger partial charge in [-0.15, -0.1) is 0 Å². The molecule has 0 unspecified atom stereocenters. The summed E-state index contributed by atoms with van der Waals surface area (Å²) in [5.41, 5.74) is 1.80. The molecule has 0 aliphatic carbocycles. The van der Waals surface area contributed by atoms with Gasteiger partial charge in [0.05, 0.1) is 13.5 Å². The van der Waals surface area contributed by atoms with Gasteiger partial charge in [0.15, 0.2) is 6.61 Å². The van der Waals surface area contributed by atoms with Crippen LogP contribution in [0.1, 0.15) is 11.1 Å². The molecule has 2 aromatic carbocycles. The first-order valence-electron chi connectivity index (χ1n) is 7.26. The standard InChI is InChI=1S/C18H19NO4/c1-22-16-9-7-15(8-10-16)12-19-17(20)13-23-18(21)11-14-5-3-2-4-6-14/h2-10H,11-13H2,1H3,(H,19,20). The topological polar surface area (TPSA) is 64.6 Å². The molecule has 1 N–H and O–H groups in total. The van der Waals surface area contributed by atoms with Crippen LogP contribution in [0, 0.1) is 0 Å². The van der Waals surface area contributed by atoms with E-state index in [1.807, 2.05) is 54.6 Å². The van der Waals surface area contributed by atoms with Crippen LogP contribution in [0.2, 0.25) is 0 Å². The van der Waals surface area contributed by atoms with Crippen molar-refractivity contribution < 1.29 is 19.1 Å². The van der Waals surface area contributed by atoms with Crippen molar-refractivity contribution in [3.8, 4) is 5.75 Å². The van der Waals surface area contributed by atoms with E-state index in [1.165, 1.54) is 0 Å². The number of hydrogen-bond acceptors (Lipinski definition) is 4. The smallest absolute Gasteiger partial charge is 0.310 e. The Bertz CT molecular complexity index is 638. The quantitative estimate of drug-likeness (QED) is 0.795. The molecule has 0 heterocycles. The fourth-order valence-electron chi connectivity index (χ4n) is 1.95. The van der Waals surface area contributed by atoms with E-state index in [1.54, 1.807) is 7.11 Å². The minimum absolute atomic E-state index is 0.159. The van der Waals surface area contributed by atoms with Crippen molar-refractivity contribution in [2.24, 2.45) is 0 Å². The molecule has 120 valence electrons. The number of carbonyl (C=O) groups excluding carboxylic acids is 2. The fourth-order valence-corrected chi connectivity index (χ4v) is 1.95. The summed E-state index contributed by atoms with van der Waals surface area (Å²) in [6.07, 6.45) is 0.159. The number of benzene rings is 2. The van der Waals surface area contributed by atoms with Gasteiger partial charge in [0.2, 0.25) is 0 Å². The molecule has 5 heteroatoms. The molecular formula is C18H19NO4. The summed E-state index contributed by atoms with van der Waals surface area (Å²) in [6.45, 7) is 0.0981. The summed E-state index contributed by atoms with van der Waals surface area (Å²) >= 11 is 0. The highest BCUT2D eigenvalue weighted by atomic mass is 16.5. The highest BCUT2D eigenvalue weighted by molar-refractivity contribution is 5.81. The Morgan fingerprint density at radius 3 is 2.30 bits per heavy atom. The van der Waals surface area contributed by atoms with Gasteiger partial charge in [-0.1, -0.05) is 42.5 Å². The van der Waals surface area contributed by atoms with Crippen molar-refractivity contribution in [3.05, 3.63) is 65.7 Å². The monoisotopic (exact) mass is 313 g/mol. The molecule has 0 fully saturated rings. The molecule has 0 saturated carbocycles. The van der Waals surface area contributed by atoms with Gasteiger partial charge in [-0.2, -0.15) is 0 Å². The summed E-state index contributed by atoms with van der Waals surface area (Å²) < 4.78 is 10.0. The highest BCUT2D eigenvalue weighted by Crippen LogP contribution is 2.10. The zero-order valence-corrected chi connectivity index (χ0v) is 13.0. The van der Waals surface area contributed by atoms with Crippen LogP contribution in [0.15, 0.2) is 54.6 Å². The van der Waals surface area contributed by atoms with Crippen LogP contribution in [-0.4, -0.2) is 25.6 Å². The van der Waals surface area contributed by atoms with Crippen molar-refractivity contribution in [2.75, 3.05) is 13.7 Å². The van der Waals surface area contributed by atoms with E-state index < -0.39 is 5.97 Å². The van der Waals surface area contributed by atoms with Crippen LogP contribution in [0.25, 0.3) is 0 Å². The van der Waals surface area contributed by atoms with E-state index >= 15 is 0 Å². The van der Waals surface area contributed by atoms with Gasteiger partial charge in [-0.3, -0.25) is 9.59 Å². The van der Waals surface area contributed by atoms with Gasteiger partial charge in [0, 0.05) is 6.54 Å². The number of hydrogen-bond donors (Lipinski definition) is 1. The van der Waals surface area contributed by atoms with Crippen molar-refractivity contribution in [2.45, 2.75) is 13.0 Å². The predicted molar refractivity (Wildman–Crippen MR) is 85.9 cm³/mol. The second kappa shape index (κ2) is 8.58. The number of esters is 1. The minimum Gasteiger partial charge on any atom is -0.497 e. The van der Waals surface area contributed by atoms with Crippen LogP contribution < -0.4 is 10.1 Å². The Balaban J connectivity index is 1.69. The van der Waals surface area contributed by atoms with Crippen molar-refractivity contribution in [1.29, 1.82) is 0 Å². The fraction of sp³-hybridized carbons (Fsp3) is 0.222. The number of nitrogens with one attached hydrogen (secondary N) is 1. The zero-order valence-electron chi connectivity index (χ0n) is 13.0. The summed E-state index contributed by atoms with van der Waals surface area (Å²) in [5.74, 6) is 0.00736. The Morgan fingerprint density at radius 2 is 1.65 bits per heavy atom. The molecule has 0 radical (unpaired) electrons. The molecule has 0 saturated heterocycles. The van der Waals surface area contributed by atoms with E-state index in [9.17, 15) is 9.59 Å². The number of rotatable bonds is 7.